The van der Waals surface area contributed by atoms with Gasteiger partial charge >= 0.3 is 0 Å². The molecule has 2 aliphatic rings. The molecule has 2 N–H and O–H groups in total. The number of carbonyl (C=O) groups is 1. The van der Waals surface area contributed by atoms with Gasteiger partial charge in [0.25, 0.3) is 5.91 Å². The van der Waals surface area contributed by atoms with Crippen molar-refractivity contribution in [3.8, 4) is 0 Å². The summed E-state index contributed by atoms with van der Waals surface area (Å²) in [5, 5.41) is 0.710. The summed E-state index contributed by atoms with van der Waals surface area (Å²) >= 11 is 5.95. The predicted octanol–water partition coefficient (Wildman–Crippen LogP) is 2.94. The minimum atomic E-state index is -0.693. The maximum absolute atomic E-state index is 13.9. The number of hydrogen-bond donors (Lipinski definition) is 2. The summed E-state index contributed by atoms with van der Waals surface area (Å²) < 4.78 is 27.2. The SMILES string of the molecule is O=C(c1cc(F)ccc1F)N1CCN(C2CC(c3ccc(Cl)cc3)NN2)CC1. The van der Waals surface area contributed by atoms with Crippen LogP contribution in [0, 0.1) is 11.6 Å². The van der Waals surface area contributed by atoms with Crippen LogP contribution in [0.3, 0.4) is 0 Å². The Kier molecular flexibility index (Phi) is 5.59. The highest BCUT2D eigenvalue weighted by Gasteiger charge is 2.32. The van der Waals surface area contributed by atoms with E-state index >= 15 is 0 Å². The van der Waals surface area contributed by atoms with Gasteiger partial charge in [0.05, 0.1) is 11.7 Å². The average molecular weight is 407 g/mol. The van der Waals surface area contributed by atoms with Gasteiger partial charge < -0.3 is 4.90 Å². The zero-order valence-corrected chi connectivity index (χ0v) is 15.9. The van der Waals surface area contributed by atoms with Crippen molar-refractivity contribution in [2.45, 2.75) is 18.6 Å². The first-order valence-corrected chi connectivity index (χ1v) is 9.64. The van der Waals surface area contributed by atoms with Crippen LogP contribution < -0.4 is 10.9 Å². The van der Waals surface area contributed by atoms with Crippen LogP contribution in [0.1, 0.15) is 28.4 Å². The number of amides is 1. The lowest BCUT2D eigenvalue weighted by Crippen LogP contribution is -2.55. The summed E-state index contributed by atoms with van der Waals surface area (Å²) in [6, 6.07) is 10.9. The van der Waals surface area contributed by atoms with Crippen LogP contribution in [-0.4, -0.2) is 48.1 Å². The van der Waals surface area contributed by atoms with E-state index in [1.807, 2.05) is 24.3 Å². The minimum absolute atomic E-state index is 0.142. The van der Waals surface area contributed by atoms with Crippen LogP contribution in [0.4, 0.5) is 8.78 Å². The van der Waals surface area contributed by atoms with Crippen molar-refractivity contribution in [3.05, 3.63) is 70.2 Å². The molecule has 2 unspecified atom stereocenters. The molecule has 2 fully saturated rings. The highest BCUT2D eigenvalue weighted by atomic mass is 35.5. The topological polar surface area (TPSA) is 47.6 Å². The van der Waals surface area contributed by atoms with Crippen molar-refractivity contribution >= 4 is 17.5 Å². The van der Waals surface area contributed by atoms with Crippen LogP contribution in [0.2, 0.25) is 5.02 Å². The molecule has 2 aliphatic heterocycles. The van der Waals surface area contributed by atoms with E-state index in [2.05, 4.69) is 15.8 Å². The summed E-state index contributed by atoms with van der Waals surface area (Å²) in [5.41, 5.74) is 7.57. The largest absolute Gasteiger partial charge is 0.336 e. The fraction of sp³-hybridized carbons (Fsp3) is 0.350. The molecule has 2 atom stereocenters. The van der Waals surface area contributed by atoms with Gasteiger partial charge in [-0.05, 0) is 42.3 Å². The number of carbonyl (C=O) groups excluding carboxylic acids is 1. The number of piperazine rings is 1. The molecular formula is C20H21ClF2N4O. The standard InChI is InChI=1S/C20H21ClF2N4O/c21-14-3-1-13(2-4-14)18-12-19(25-24-18)26-7-9-27(10-8-26)20(28)16-11-15(22)5-6-17(16)23/h1-6,11,18-19,24-25H,7-10,12H2. The highest BCUT2D eigenvalue weighted by Crippen LogP contribution is 2.26. The lowest BCUT2D eigenvalue weighted by atomic mass is 10.0. The van der Waals surface area contributed by atoms with Crippen molar-refractivity contribution in [1.82, 2.24) is 20.7 Å². The Hall–Kier alpha value is -2.06. The number of nitrogens with one attached hydrogen (secondary N) is 2. The van der Waals surface area contributed by atoms with Gasteiger partial charge in [0.2, 0.25) is 0 Å². The van der Waals surface area contributed by atoms with Crippen LogP contribution in [0.25, 0.3) is 0 Å². The van der Waals surface area contributed by atoms with Crippen molar-refractivity contribution < 1.29 is 13.6 Å². The molecule has 0 aliphatic carbocycles. The summed E-state index contributed by atoms with van der Waals surface area (Å²) in [4.78, 5) is 16.4. The molecule has 8 heteroatoms. The maximum Gasteiger partial charge on any atom is 0.257 e. The second-order valence-electron chi connectivity index (χ2n) is 7.10. The number of halogens is 3. The zero-order chi connectivity index (χ0) is 19.7. The Morgan fingerprint density at radius 1 is 1.00 bits per heavy atom. The second kappa shape index (κ2) is 8.13. The third-order valence-corrected chi connectivity index (χ3v) is 5.61. The molecule has 2 saturated heterocycles. The Labute approximate surface area is 167 Å². The molecule has 148 valence electrons. The van der Waals surface area contributed by atoms with Gasteiger partial charge in [0.1, 0.15) is 11.6 Å². The van der Waals surface area contributed by atoms with Gasteiger partial charge in [-0.1, -0.05) is 23.7 Å². The molecule has 2 aromatic carbocycles. The minimum Gasteiger partial charge on any atom is -0.336 e. The first kappa shape index (κ1) is 19.3. The predicted molar refractivity (Wildman–Crippen MR) is 103 cm³/mol. The van der Waals surface area contributed by atoms with E-state index in [-0.39, 0.29) is 17.8 Å². The van der Waals surface area contributed by atoms with Gasteiger partial charge in [-0.15, -0.1) is 0 Å². The van der Waals surface area contributed by atoms with Crippen molar-refractivity contribution in [1.29, 1.82) is 0 Å². The van der Waals surface area contributed by atoms with E-state index in [0.29, 0.717) is 31.2 Å². The smallest absolute Gasteiger partial charge is 0.257 e. The zero-order valence-electron chi connectivity index (χ0n) is 15.2. The third-order valence-electron chi connectivity index (χ3n) is 5.36. The number of hydrazine groups is 1. The van der Waals surface area contributed by atoms with Crippen LogP contribution in [0.15, 0.2) is 42.5 Å². The first-order valence-electron chi connectivity index (χ1n) is 9.26. The lowest BCUT2D eigenvalue weighted by molar-refractivity contribution is 0.0540. The molecule has 2 heterocycles. The Balaban J connectivity index is 1.34. The number of rotatable bonds is 3. The van der Waals surface area contributed by atoms with E-state index in [1.165, 1.54) is 0 Å². The molecule has 5 nitrogen and oxygen atoms in total. The second-order valence-corrected chi connectivity index (χ2v) is 7.53. The quantitative estimate of drug-likeness (QED) is 0.822. The Morgan fingerprint density at radius 3 is 2.43 bits per heavy atom. The number of nitrogens with zero attached hydrogens (tertiary/aromatic N) is 2. The van der Waals surface area contributed by atoms with Crippen molar-refractivity contribution in [3.63, 3.8) is 0 Å². The van der Waals surface area contributed by atoms with E-state index in [9.17, 15) is 13.6 Å². The molecule has 1 amide bonds. The Morgan fingerprint density at radius 2 is 1.71 bits per heavy atom. The molecular weight excluding hydrogens is 386 g/mol. The van der Waals surface area contributed by atoms with E-state index in [1.54, 1.807) is 4.90 Å². The Bertz CT molecular complexity index is 856. The van der Waals surface area contributed by atoms with Gasteiger partial charge in [0, 0.05) is 37.2 Å². The highest BCUT2D eigenvalue weighted by molar-refractivity contribution is 6.30. The maximum atomic E-state index is 13.9. The molecule has 2 aromatic rings. The van der Waals surface area contributed by atoms with Gasteiger partial charge in [-0.2, -0.15) is 0 Å². The number of benzene rings is 2. The molecule has 0 radical (unpaired) electrons. The fourth-order valence-corrected chi connectivity index (χ4v) is 3.89. The molecule has 0 saturated carbocycles. The first-order chi connectivity index (χ1) is 13.5. The van der Waals surface area contributed by atoms with Crippen molar-refractivity contribution in [2.24, 2.45) is 0 Å². The summed E-state index contributed by atoms with van der Waals surface area (Å²) in [7, 11) is 0. The molecule has 0 bridgehead atoms. The summed E-state index contributed by atoms with van der Waals surface area (Å²) in [5.74, 6) is -1.77. The van der Waals surface area contributed by atoms with Crippen LogP contribution in [-0.2, 0) is 0 Å². The summed E-state index contributed by atoms with van der Waals surface area (Å²) in [6.45, 7) is 2.27. The molecule has 0 aromatic heterocycles. The normalized spacial score (nSPS) is 23.2. The third kappa shape index (κ3) is 4.03. The molecule has 28 heavy (non-hydrogen) atoms. The van der Waals surface area contributed by atoms with Crippen LogP contribution in [0.5, 0.6) is 0 Å². The van der Waals surface area contributed by atoms with Gasteiger partial charge in [-0.25, -0.2) is 19.6 Å². The molecule has 0 spiro atoms. The van der Waals surface area contributed by atoms with Gasteiger partial charge in [0.15, 0.2) is 0 Å². The van der Waals surface area contributed by atoms with Gasteiger partial charge in [-0.3, -0.25) is 9.69 Å². The average Bonchev–Trinajstić information content (AvgIpc) is 3.20. The summed E-state index contributed by atoms with van der Waals surface area (Å²) in [6.07, 6.45) is 1.03. The van der Waals surface area contributed by atoms with Crippen LogP contribution >= 0.6 is 11.6 Å². The van der Waals surface area contributed by atoms with E-state index < -0.39 is 17.5 Å². The molecule has 4 rings (SSSR count). The lowest BCUT2D eigenvalue weighted by Gasteiger charge is -2.37. The number of hydrogen-bond acceptors (Lipinski definition) is 4. The van der Waals surface area contributed by atoms with Crippen molar-refractivity contribution in [2.75, 3.05) is 26.2 Å². The fourth-order valence-electron chi connectivity index (χ4n) is 3.76. The van der Waals surface area contributed by atoms with E-state index in [0.717, 1.165) is 30.2 Å². The monoisotopic (exact) mass is 406 g/mol. The van der Waals surface area contributed by atoms with E-state index in [4.69, 9.17) is 11.6 Å².